The molecule has 4 rings (SSSR count). The highest BCUT2D eigenvalue weighted by atomic mass is 16.2. The lowest BCUT2D eigenvalue weighted by Gasteiger charge is -2.30. The molecule has 2 aromatic rings. The summed E-state index contributed by atoms with van der Waals surface area (Å²) in [5.41, 5.74) is 5.23. The van der Waals surface area contributed by atoms with Gasteiger partial charge in [-0.05, 0) is 38.1 Å². The molecular weight excluding hydrogens is 312 g/mol. The van der Waals surface area contributed by atoms with Gasteiger partial charge in [-0.2, -0.15) is 0 Å². The molecule has 1 N–H and O–H groups in total. The van der Waals surface area contributed by atoms with Gasteiger partial charge in [-0.1, -0.05) is 36.8 Å². The van der Waals surface area contributed by atoms with Gasteiger partial charge in [-0.25, -0.2) is 0 Å². The second kappa shape index (κ2) is 7.97. The fourth-order valence-electron chi connectivity index (χ4n) is 2.80. The third-order valence-electron chi connectivity index (χ3n) is 4.34. The Bertz CT molecular complexity index is 766. The zero-order valence-electron chi connectivity index (χ0n) is 14.1. The fourth-order valence-corrected chi connectivity index (χ4v) is 2.80. The molecule has 1 fully saturated rings. The summed E-state index contributed by atoms with van der Waals surface area (Å²) in [5, 5.41) is 3.20. The highest BCUT2D eigenvalue weighted by molar-refractivity contribution is 6.03. The van der Waals surface area contributed by atoms with Crippen molar-refractivity contribution >= 4 is 23.1 Å². The van der Waals surface area contributed by atoms with Crippen molar-refractivity contribution < 1.29 is 9.59 Å². The standard InChI is InChI=1S/2C10H11NO.CH4/c1-8-2-4-9(5-3-8)11-7-6-10(11)12;1-7-2-3-9-8(6-7)10(12)4-5-11-9;/h2-5H,6-7H2,1H3;2-3,6,11H,4-5H2,1H3;1H4. The number of rotatable bonds is 1. The molecule has 2 aliphatic heterocycles. The predicted octanol–water partition coefficient (Wildman–Crippen LogP) is 4.36. The van der Waals surface area contributed by atoms with Crippen molar-refractivity contribution in [3.05, 3.63) is 59.2 Å². The van der Waals surface area contributed by atoms with Gasteiger partial charge in [0.1, 0.15) is 0 Å². The number of carbonyl (C=O) groups excluding carboxylic acids is 2. The van der Waals surface area contributed by atoms with Crippen LogP contribution in [0.3, 0.4) is 0 Å². The van der Waals surface area contributed by atoms with E-state index < -0.39 is 0 Å². The number of Topliss-reactive ketones (excluding diaryl/α,β-unsaturated/α-hetero) is 1. The molecule has 1 saturated heterocycles. The van der Waals surface area contributed by atoms with E-state index in [1.54, 1.807) is 4.90 Å². The summed E-state index contributed by atoms with van der Waals surface area (Å²) >= 11 is 0. The highest BCUT2D eigenvalue weighted by Gasteiger charge is 2.24. The highest BCUT2D eigenvalue weighted by Crippen LogP contribution is 2.22. The number of fused-ring (bicyclic) bond motifs is 1. The van der Waals surface area contributed by atoms with E-state index in [-0.39, 0.29) is 19.1 Å². The maximum atomic E-state index is 11.4. The molecule has 0 unspecified atom stereocenters. The van der Waals surface area contributed by atoms with E-state index in [9.17, 15) is 9.59 Å². The molecule has 0 aliphatic carbocycles. The Morgan fingerprint density at radius 3 is 2.20 bits per heavy atom. The van der Waals surface area contributed by atoms with E-state index in [1.165, 1.54) is 5.56 Å². The summed E-state index contributed by atoms with van der Waals surface area (Å²) in [7, 11) is 0. The first-order valence-corrected chi connectivity index (χ1v) is 8.29. The van der Waals surface area contributed by atoms with E-state index in [2.05, 4.69) is 5.32 Å². The minimum atomic E-state index is 0. The molecule has 2 aliphatic rings. The quantitative estimate of drug-likeness (QED) is 0.786. The summed E-state index contributed by atoms with van der Waals surface area (Å²) < 4.78 is 0. The number of nitrogens with zero attached hydrogens (tertiary/aromatic N) is 1. The molecule has 4 nitrogen and oxygen atoms in total. The molecule has 0 saturated carbocycles. The molecule has 0 radical (unpaired) electrons. The molecule has 1 amide bonds. The smallest absolute Gasteiger partial charge is 0.228 e. The number of nitrogens with one attached hydrogen (secondary N) is 1. The molecule has 0 spiro atoms. The monoisotopic (exact) mass is 338 g/mol. The molecular formula is C21H26N2O2. The zero-order valence-corrected chi connectivity index (χ0v) is 14.1. The van der Waals surface area contributed by atoms with Gasteiger partial charge in [0.15, 0.2) is 5.78 Å². The SMILES string of the molecule is C.Cc1ccc(N2CCC2=O)cc1.Cc1ccc2c(c1)C(=O)CCN2. The predicted molar refractivity (Wildman–Crippen MR) is 103 cm³/mol. The van der Waals surface area contributed by atoms with E-state index in [0.717, 1.165) is 35.6 Å². The summed E-state index contributed by atoms with van der Waals surface area (Å²) in [5.74, 6) is 0.492. The van der Waals surface area contributed by atoms with Crippen molar-refractivity contribution in [2.75, 3.05) is 23.3 Å². The Kier molecular flexibility index (Phi) is 5.97. The normalized spacial score (nSPS) is 15.0. The van der Waals surface area contributed by atoms with Crippen molar-refractivity contribution in [2.45, 2.75) is 34.1 Å². The number of amides is 1. The van der Waals surface area contributed by atoms with Gasteiger partial charge in [0.05, 0.1) is 0 Å². The van der Waals surface area contributed by atoms with Crippen LogP contribution in [0.25, 0.3) is 0 Å². The van der Waals surface area contributed by atoms with Crippen LogP contribution in [0.4, 0.5) is 11.4 Å². The Hall–Kier alpha value is -2.62. The minimum absolute atomic E-state index is 0. The fraction of sp³-hybridized carbons (Fsp3) is 0.333. The lowest BCUT2D eigenvalue weighted by atomic mass is 10.0. The third-order valence-corrected chi connectivity index (χ3v) is 4.34. The summed E-state index contributed by atoms with van der Waals surface area (Å²) in [4.78, 5) is 24.2. The maximum absolute atomic E-state index is 11.4. The van der Waals surface area contributed by atoms with Crippen LogP contribution in [0.2, 0.25) is 0 Å². The third kappa shape index (κ3) is 4.27. The lowest BCUT2D eigenvalue weighted by molar-refractivity contribution is -0.122. The second-order valence-electron chi connectivity index (χ2n) is 6.28. The van der Waals surface area contributed by atoms with E-state index >= 15 is 0 Å². The van der Waals surface area contributed by atoms with Crippen molar-refractivity contribution in [3.63, 3.8) is 0 Å². The van der Waals surface area contributed by atoms with Crippen LogP contribution in [0, 0.1) is 13.8 Å². The van der Waals surface area contributed by atoms with Crippen LogP contribution in [0.5, 0.6) is 0 Å². The van der Waals surface area contributed by atoms with Crippen LogP contribution in [0.15, 0.2) is 42.5 Å². The number of aryl methyl sites for hydroxylation is 2. The van der Waals surface area contributed by atoms with Crippen LogP contribution < -0.4 is 10.2 Å². The molecule has 4 heteroatoms. The van der Waals surface area contributed by atoms with E-state index in [0.29, 0.717) is 12.8 Å². The van der Waals surface area contributed by atoms with Crippen molar-refractivity contribution in [1.29, 1.82) is 0 Å². The molecule has 0 atom stereocenters. The van der Waals surface area contributed by atoms with Gasteiger partial charge in [-0.15, -0.1) is 0 Å². The summed E-state index contributed by atoms with van der Waals surface area (Å²) in [6, 6.07) is 14.0. The van der Waals surface area contributed by atoms with Crippen molar-refractivity contribution in [1.82, 2.24) is 0 Å². The minimum Gasteiger partial charge on any atom is -0.384 e. The lowest BCUT2D eigenvalue weighted by Crippen LogP contribution is -2.43. The van der Waals surface area contributed by atoms with Gasteiger partial charge in [-0.3, -0.25) is 9.59 Å². The van der Waals surface area contributed by atoms with Crippen molar-refractivity contribution in [2.24, 2.45) is 0 Å². The second-order valence-corrected chi connectivity index (χ2v) is 6.28. The average molecular weight is 338 g/mol. The maximum Gasteiger partial charge on any atom is 0.228 e. The molecule has 25 heavy (non-hydrogen) atoms. The topological polar surface area (TPSA) is 49.4 Å². The van der Waals surface area contributed by atoms with E-state index in [4.69, 9.17) is 0 Å². The van der Waals surface area contributed by atoms with Gasteiger partial charge < -0.3 is 10.2 Å². The van der Waals surface area contributed by atoms with Gasteiger partial charge in [0.25, 0.3) is 0 Å². The Morgan fingerprint density at radius 1 is 0.920 bits per heavy atom. The number of anilines is 2. The molecule has 2 aromatic carbocycles. The summed E-state index contributed by atoms with van der Waals surface area (Å²) in [6.07, 6.45) is 1.32. The largest absolute Gasteiger partial charge is 0.384 e. The average Bonchev–Trinajstić information content (AvgIpc) is 2.57. The Labute approximate surface area is 149 Å². The number of ketones is 1. The molecule has 2 heterocycles. The number of hydrogen-bond donors (Lipinski definition) is 1. The van der Waals surface area contributed by atoms with Crippen LogP contribution in [-0.4, -0.2) is 24.8 Å². The van der Waals surface area contributed by atoms with Gasteiger partial charge >= 0.3 is 0 Å². The Morgan fingerprint density at radius 2 is 1.60 bits per heavy atom. The number of benzene rings is 2. The first-order chi connectivity index (χ1) is 11.5. The van der Waals surface area contributed by atoms with Crippen LogP contribution in [0.1, 0.15) is 41.8 Å². The van der Waals surface area contributed by atoms with Crippen LogP contribution >= 0.6 is 0 Å². The number of hydrogen-bond acceptors (Lipinski definition) is 3. The Balaban J connectivity index is 0.000000173. The van der Waals surface area contributed by atoms with Crippen LogP contribution in [-0.2, 0) is 4.79 Å². The molecule has 132 valence electrons. The number of β-lactam (4-membered cyclic amide) rings is 1. The zero-order chi connectivity index (χ0) is 17.1. The van der Waals surface area contributed by atoms with E-state index in [1.807, 2.05) is 56.3 Å². The first-order valence-electron chi connectivity index (χ1n) is 8.29. The van der Waals surface area contributed by atoms with Gasteiger partial charge in [0, 0.05) is 42.9 Å². The molecule has 0 bridgehead atoms. The molecule has 0 aromatic heterocycles. The summed E-state index contributed by atoms with van der Waals surface area (Å²) in [6.45, 7) is 5.70. The first kappa shape index (κ1) is 18.7. The number of carbonyl (C=O) groups is 2. The van der Waals surface area contributed by atoms with Gasteiger partial charge in [0.2, 0.25) is 5.91 Å². The van der Waals surface area contributed by atoms with Crippen molar-refractivity contribution in [3.8, 4) is 0 Å².